The van der Waals surface area contributed by atoms with Crippen LogP contribution in [0, 0.1) is 13.8 Å². The highest BCUT2D eigenvalue weighted by atomic mass is 16.5. The lowest BCUT2D eigenvalue weighted by Crippen LogP contribution is -2.56. The number of ether oxygens (including phenoxy) is 2. The van der Waals surface area contributed by atoms with Crippen LogP contribution in [-0.2, 0) is 9.47 Å². The molecule has 2 saturated heterocycles. The van der Waals surface area contributed by atoms with E-state index in [0.29, 0.717) is 24.5 Å². The minimum absolute atomic E-state index is 0.0159. The van der Waals surface area contributed by atoms with Gasteiger partial charge in [0, 0.05) is 33.0 Å². The average molecular weight is 319 g/mol. The van der Waals surface area contributed by atoms with Crippen LogP contribution < -0.4 is 0 Å². The highest BCUT2D eigenvalue weighted by Crippen LogP contribution is 2.37. The lowest BCUT2D eigenvalue weighted by Gasteiger charge is -2.48. The molecule has 0 N–H and O–H groups in total. The molecule has 0 radical (unpaired) electrons. The number of aromatic nitrogens is 2. The van der Waals surface area contributed by atoms with Crippen molar-refractivity contribution in [3.8, 4) is 0 Å². The Labute approximate surface area is 137 Å². The fraction of sp³-hybridized carbons (Fsp3) is 0.706. The number of piperidine rings is 1. The molecule has 3 rings (SSSR count). The van der Waals surface area contributed by atoms with Crippen LogP contribution in [-0.4, -0.2) is 59.3 Å². The Balaban J connectivity index is 1.69. The van der Waals surface area contributed by atoms with E-state index in [4.69, 9.17) is 9.47 Å². The van der Waals surface area contributed by atoms with Crippen molar-refractivity contribution in [3.63, 3.8) is 0 Å². The number of likely N-dealkylation sites (tertiary alicyclic amines) is 1. The standard InChI is InChI=1S/C17H25N3O3/c1-12-14(11-18-13(2)19-12)16(21)20-8-6-17(7-9-20)15(22-3)5-4-10-23-17/h11,15H,4-10H2,1-3H3/t15-/m0/s1. The van der Waals surface area contributed by atoms with E-state index < -0.39 is 0 Å². The third-order valence-corrected chi connectivity index (χ3v) is 5.10. The molecule has 1 aromatic heterocycles. The predicted molar refractivity (Wildman–Crippen MR) is 85.4 cm³/mol. The van der Waals surface area contributed by atoms with Crippen molar-refractivity contribution in [2.24, 2.45) is 0 Å². The number of carbonyl (C=O) groups is 1. The fourth-order valence-corrected chi connectivity index (χ4v) is 3.75. The van der Waals surface area contributed by atoms with Gasteiger partial charge in [-0.15, -0.1) is 0 Å². The molecular formula is C17H25N3O3. The first kappa shape index (κ1) is 16.3. The quantitative estimate of drug-likeness (QED) is 0.833. The lowest BCUT2D eigenvalue weighted by molar-refractivity contribution is -0.183. The van der Waals surface area contributed by atoms with E-state index in [2.05, 4.69) is 9.97 Å². The summed E-state index contributed by atoms with van der Waals surface area (Å²) in [5.41, 5.74) is 1.12. The van der Waals surface area contributed by atoms with Crippen LogP contribution in [0.1, 0.15) is 47.6 Å². The van der Waals surface area contributed by atoms with E-state index in [1.165, 1.54) is 0 Å². The van der Waals surface area contributed by atoms with Crippen LogP contribution in [0.3, 0.4) is 0 Å². The maximum Gasteiger partial charge on any atom is 0.257 e. The first-order chi connectivity index (χ1) is 11.1. The Morgan fingerprint density at radius 1 is 1.39 bits per heavy atom. The molecule has 1 amide bonds. The zero-order valence-electron chi connectivity index (χ0n) is 14.2. The van der Waals surface area contributed by atoms with Gasteiger partial charge in [0.1, 0.15) is 5.82 Å². The molecule has 1 atom stereocenters. The summed E-state index contributed by atoms with van der Waals surface area (Å²) in [6.07, 6.45) is 5.50. The monoisotopic (exact) mass is 319 g/mol. The average Bonchev–Trinajstić information content (AvgIpc) is 2.55. The van der Waals surface area contributed by atoms with Crippen LogP contribution in [0.5, 0.6) is 0 Å². The zero-order valence-corrected chi connectivity index (χ0v) is 14.2. The van der Waals surface area contributed by atoms with Crippen molar-refractivity contribution in [2.45, 2.75) is 51.2 Å². The molecule has 0 bridgehead atoms. The van der Waals surface area contributed by atoms with Gasteiger partial charge in [0.2, 0.25) is 0 Å². The smallest absolute Gasteiger partial charge is 0.257 e. The fourth-order valence-electron chi connectivity index (χ4n) is 3.75. The van der Waals surface area contributed by atoms with E-state index in [0.717, 1.165) is 38.0 Å². The highest BCUT2D eigenvalue weighted by Gasteiger charge is 2.45. The molecule has 2 aliphatic rings. The predicted octanol–water partition coefficient (Wildman–Crippen LogP) is 1.89. The molecule has 1 spiro atoms. The van der Waals surface area contributed by atoms with Crippen LogP contribution in [0.4, 0.5) is 0 Å². The summed E-state index contributed by atoms with van der Waals surface area (Å²) in [4.78, 5) is 23.1. The Hall–Kier alpha value is -1.53. The van der Waals surface area contributed by atoms with Gasteiger partial charge in [-0.3, -0.25) is 4.79 Å². The molecular weight excluding hydrogens is 294 g/mol. The number of hydrogen-bond donors (Lipinski definition) is 0. The number of hydrogen-bond acceptors (Lipinski definition) is 5. The second kappa shape index (κ2) is 6.53. The van der Waals surface area contributed by atoms with Crippen molar-refractivity contribution in [2.75, 3.05) is 26.8 Å². The molecule has 6 nitrogen and oxygen atoms in total. The lowest BCUT2D eigenvalue weighted by atomic mass is 9.81. The first-order valence-electron chi connectivity index (χ1n) is 8.32. The van der Waals surface area contributed by atoms with Gasteiger partial charge in [-0.25, -0.2) is 9.97 Å². The van der Waals surface area contributed by atoms with E-state index in [-0.39, 0.29) is 17.6 Å². The Kier molecular flexibility index (Phi) is 4.64. The topological polar surface area (TPSA) is 64.6 Å². The van der Waals surface area contributed by atoms with Crippen molar-refractivity contribution in [1.29, 1.82) is 0 Å². The highest BCUT2D eigenvalue weighted by molar-refractivity contribution is 5.95. The molecule has 1 aromatic rings. The molecule has 0 aromatic carbocycles. The molecule has 0 unspecified atom stereocenters. The second-order valence-electron chi connectivity index (χ2n) is 6.49. The number of nitrogens with zero attached hydrogens (tertiary/aromatic N) is 3. The van der Waals surface area contributed by atoms with Crippen molar-refractivity contribution in [3.05, 3.63) is 23.3 Å². The van der Waals surface area contributed by atoms with Crippen molar-refractivity contribution >= 4 is 5.91 Å². The maximum absolute atomic E-state index is 12.7. The van der Waals surface area contributed by atoms with Crippen LogP contribution in [0.25, 0.3) is 0 Å². The molecule has 126 valence electrons. The SMILES string of the molecule is CO[C@H]1CCCOC12CCN(C(=O)c1cnc(C)nc1C)CC2. The summed E-state index contributed by atoms with van der Waals surface area (Å²) in [5, 5.41) is 0. The third kappa shape index (κ3) is 3.10. The van der Waals surface area contributed by atoms with Gasteiger partial charge in [-0.2, -0.15) is 0 Å². The molecule has 0 aliphatic carbocycles. The Morgan fingerprint density at radius 2 is 2.13 bits per heavy atom. The van der Waals surface area contributed by atoms with E-state index in [1.54, 1.807) is 13.3 Å². The van der Waals surface area contributed by atoms with Gasteiger partial charge in [0.05, 0.1) is 23.0 Å². The number of amides is 1. The summed E-state index contributed by atoms with van der Waals surface area (Å²) in [6, 6.07) is 0. The van der Waals surface area contributed by atoms with E-state index in [1.807, 2.05) is 18.7 Å². The summed E-state index contributed by atoms with van der Waals surface area (Å²) in [5.74, 6) is 0.706. The van der Waals surface area contributed by atoms with Gasteiger partial charge in [0.15, 0.2) is 0 Å². The Morgan fingerprint density at radius 3 is 2.78 bits per heavy atom. The van der Waals surface area contributed by atoms with Crippen molar-refractivity contribution in [1.82, 2.24) is 14.9 Å². The van der Waals surface area contributed by atoms with Gasteiger partial charge in [-0.1, -0.05) is 0 Å². The summed E-state index contributed by atoms with van der Waals surface area (Å²) in [7, 11) is 1.76. The molecule has 23 heavy (non-hydrogen) atoms. The van der Waals surface area contributed by atoms with Crippen LogP contribution in [0.2, 0.25) is 0 Å². The Bertz CT molecular complexity index is 582. The number of carbonyl (C=O) groups excluding carboxylic acids is 1. The normalized spacial score (nSPS) is 24.0. The number of methoxy groups -OCH3 is 1. The van der Waals surface area contributed by atoms with Gasteiger partial charge in [0.25, 0.3) is 5.91 Å². The zero-order chi connectivity index (χ0) is 16.4. The number of rotatable bonds is 2. The van der Waals surface area contributed by atoms with Crippen LogP contribution in [0.15, 0.2) is 6.20 Å². The third-order valence-electron chi connectivity index (χ3n) is 5.10. The molecule has 0 saturated carbocycles. The summed E-state index contributed by atoms with van der Waals surface area (Å²) < 4.78 is 11.7. The molecule has 2 fully saturated rings. The number of aryl methyl sites for hydroxylation is 2. The van der Waals surface area contributed by atoms with Crippen molar-refractivity contribution < 1.29 is 14.3 Å². The summed E-state index contributed by atoms with van der Waals surface area (Å²) >= 11 is 0. The largest absolute Gasteiger partial charge is 0.378 e. The molecule has 2 aliphatic heterocycles. The minimum atomic E-state index is -0.220. The summed E-state index contributed by atoms with van der Waals surface area (Å²) in [6.45, 7) is 5.85. The van der Waals surface area contributed by atoms with Crippen LogP contribution >= 0.6 is 0 Å². The minimum Gasteiger partial charge on any atom is -0.378 e. The van der Waals surface area contributed by atoms with Gasteiger partial charge in [-0.05, 0) is 39.5 Å². The van der Waals surface area contributed by atoms with Gasteiger partial charge >= 0.3 is 0 Å². The molecule has 3 heterocycles. The second-order valence-corrected chi connectivity index (χ2v) is 6.49. The van der Waals surface area contributed by atoms with E-state index >= 15 is 0 Å². The molecule has 6 heteroatoms. The maximum atomic E-state index is 12.7. The van der Waals surface area contributed by atoms with Gasteiger partial charge < -0.3 is 14.4 Å². The first-order valence-corrected chi connectivity index (χ1v) is 8.32. The van der Waals surface area contributed by atoms with E-state index in [9.17, 15) is 4.79 Å².